The van der Waals surface area contributed by atoms with E-state index in [4.69, 9.17) is 23.4 Å². The zero-order valence-corrected chi connectivity index (χ0v) is 48.8. The summed E-state index contributed by atoms with van der Waals surface area (Å²) in [5.41, 5.74) is 0.844. The molecule has 0 N–H and O–H groups in total. The lowest BCUT2D eigenvalue weighted by Gasteiger charge is -2.45. The number of amides is 2. The minimum Gasteiger partial charge on any atom is -0.457 e. The number of fused-ring (bicyclic) bond motifs is 1. The SMILES string of the molecule is C=CC[C@H]1C(=O)C(C)(C)[C@@H](OC(=O)OCc2ccc(OC(=O)CCCCCCCCCCN3C(=O)C=CC3=O)c([N+](=O)[O-])c2)CC(=O)O[C@H](c2ccc3sc(C)nc3c2)C/C=C(\C)CCC[C@H](C)[C@@H]1O[Si](C)(C)C(C)(C)C. The van der Waals surface area contributed by atoms with Crippen LogP contribution < -0.4 is 4.74 Å². The lowest BCUT2D eigenvalue weighted by molar-refractivity contribution is -0.385. The largest absolute Gasteiger partial charge is 0.508 e. The number of nitrogens with zero attached hydrogens (tertiary/aromatic N) is 3. The fourth-order valence-electron chi connectivity index (χ4n) is 9.51. The number of nitro benzene ring substituents is 1. The maximum absolute atomic E-state index is 15.4. The predicted molar refractivity (Wildman–Crippen MR) is 300 cm³/mol. The van der Waals surface area contributed by atoms with E-state index in [1.54, 1.807) is 31.3 Å². The maximum Gasteiger partial charge on any atom is 0.508 e. The molecular weight excluding hydrogens is 1020 g/mol. The molecule has 0 fully saturated rings. The molecule has 2 aromatic carbocycles. The van der Waals surface area contributed by atoms with E-state index in [9.17, 15) is 34.1 Å². The standard InChI is InChI=1S/C59H81N3O13SSi/c1-12-22-44-55(75-77(10,11)58(5,6)7)40(3)24-21-23-39(2)26-29-47(43-28-31-49-45(36-43)60-41(4)76-49)72-54(66)37-50(59(8,9)56(44)67)74-57(68)71-38-42-27-30-48(46(35-42)62(69)70)73-53(65)25-19-17-15-13-14-16-18-20-34-61-51(63)32-33-52(61)64/h12,26-28,30-33,35-36,40,44,47,50,55H,1,13-25,29,34,37-38H2,2-11H3/b39-26+/t40-,44+,47-,50-,55-/m0/s1. The fraction of sp³-hybridized carbons (Fsp3) is 0.576. The molecule has 3 aromatic rings. The van der Waals surface area contributed by atoms with E-state index in [1.807, 2.05) is 25.1 Å². The zero-order valence-electron chi connectivity index (χ0n) is 46.9. The van der Waals surface area contributed by atoms with Crippen LogP contribution in [0.4, 0.5) is 10.5 Å². The number of Topliss-reactive ketones (excluding diaryl/α,β-unsaturated/α-hetero) is 1. The number of aryl methyl sites for hydroxylation is 1. The van der Waals surface area contributed by atoms with Gasteiger partial charge in [0.1, 0.15) is 24.6 Å². The number of benzene rings is 2. The van der Waals surface area contributed by atoms with Crippen LogP contribution in [0.3, 0.4) is 0 Å². The summed E-state index contributed by atoms with van der Waals surface area (Å²) >= 11 is 1.57. The highest BCUT2D eigenvalue weighted by atomic mass is 32.1. The minimum atomic E-state index is -2.48. The average molecular weight is 1100 g/mol. The van der Waals surface area contributed by atoms with Crippen molar-refractivity contribution in [3.63, 3.8) is 0 Å². The summed E-state index contributed by atoms with van der Waals surface area (Å²) in [7, 11) is -2.48. The summed E-state index contributed by atoms with van der Waals surface area (Å²) in [5, 5.41) is 13.0. The summed E-state index contributed by atoms with van der Waals surface area (Å²) in [5.74, 6) is -3.18. The molecule has 1 aromatic heterocycles. The predicted octanol–water partition coefficient (Wildman–Crippen LogP) is 13.9. The van der Waals surface area contributed by atoms with E-state index in [2.05, 4.69) is 65.4 Å². The molecule has 77 heavy (non-hydrogen) atoms. The van der Waals surface area contributed by atoms with Crippen molar-refractivity contribution in [3.05, 3.63) is 99.1 Å². The molecule has 0 bridgehead atoms. The van der Waals surface area contributed by atoms with Gasteiger partial charge < -0.3 is 23.4 Å². The number of nitro groups is 1. The first-order valence-corrected chi connectivity index (χ1v) is 30.9. The fourth-order valence-corrected chi connectivity index (χ4v) is 11.7. The Bertz CT molecular complexity index is 2650. The van der Waals surface area contributed by atoms with E-state index in [-0.39, 0.29) is 52.7 Å². The Morgan fingerprint density at radius 1 is 0.974 bits per heavy atom. The monoisotopic (exact) mass is 1100 g/mol. The number of esters is 2. The van der Waals surface area contributed by atoms with E-state index >= 15 is 4.79 Å². The van der Waals surface area contributed by atoms with Crippen LogP contribution >= 0.6 is 11.3 Å². The molecule has 5 atom stereocenters. The van der Waals surface area contributed by atoms with Crippen LogP contribution in [0.1, 0.15) is 167 Å². The molecule has 0 saturated heterocycles. The highest BCUT2D eigenvalue weighted by Crippen LogP contribution is 2.43. The van der Waals surface area contributed by atoms with E-state index in [0.29, 0.717) is 19.4 Å². The number of carbonyl (C=O) groups excluding carboxylic acids is 6. The number of unbranched alkanes of at least 4 members (excludes halogenated alkanes) is 7. The lowest BCUT2D eigenvalue weighted by atomic mass is 9.71. The number of imide groups is 1. The van der Waals surface area contributed by atoms with Gasteiger partial charge in [0.25, 0.3) is 11.8 Å². The Hall–Kier alpha value is -5.85. The third kappa shape index (κ3) is 17.8. The number of hydrogen-bond donors (Lipinski definition) is 0. The number of hydrogen-bond acceptors (Lipinski definition) is 15. The lowest BCUT2D eigenvalue weighted by Crippen LogP contribution is -2.52. The molecule has 3 heterocycles. The number of allylic oxidation sites excluding steroid dienone is 2. The number of ketones is 1. The first-order chi connectivity index (χ1) is 36.3. The number of rotatable bonds is 21. The molecule has 2 aliphatic heterocycles. The van der Waals surface area contributed by atoms with Gasteiger partial charge >= 0.3 is 23.8 Å². The molecule has 16 nitrogen and oxygen atoms in total. The van der Waals surface area contributed by atoms with Crippen molar-refractivity contribution in [2.45, 2.75) is 195 Å². The summed E-state index contributed by atoms with van der Waals surface area (Å²) in [6.45, 7) is 24.1. The molecule has 0 spiro atoms. The van der Waals surface area contributed by atoms with Crippen molar-refractivity contribution < 1.29 is 57.1 Å². The zero-order chi connectivity index (χ0) is 56.7. The molecular formula is C59H81N3O13SSi. The number of aromatic nitrogens is 1. The smallest absolute Gasteiger partial charge is 0.457 e. The van der Waals surface area contributed by atoms with Gasteiger partial charge in [-0.1, -0.05) is 96.1 Å². The van der Waals surface area contributed by atoms with Gasteiger partial charge in [-0.15, -0.1) is 17.9 Å². The second-order valence-electron chi connectivity index (χ2n) is 22.8. The van der Waals surface area contributed by atoms with Gasteiger partial charge in [-0.05, 0) is 120 Å². The maximum atomic E-state index is 15.4. The van der Waals surface area contributed by atoms with Gasteiger partial charge in [-0.2, -0.15) is 0 Å². The minimum absolute atomic E-state index is 0.0543. The molecule has 0 unspecified atom stereocenters. The number of thiazole rings is 1. The van der Waals surface area contributed by atoms with Gasteiger partial charge in [-0.25, -0.2) is 9.78 Å². The molecule has 0 aliphatic carbocycles. The van der Waals surface area contributed by atoms with Gasteiger partial charge in [0.05, 0.1) is 38.1 Å². The number of ether oxygens (including phenoxy) is 4. The Morgan fingerprint density at radius 2 is 1.64 bits per heavy atom. The van der Waals surface area contributed by atoms with Gasteiger partial charge in [0.15, 0.2) is 8.32 Å². The Labute approximate surface area is 459 Å². The van der Waals surface area contributed by atoms with Crippen LogP contribution in [0.2, 0.25) is 18.1 Å². The van der Waals surface area contributed by atoms with Gasteiger partial charge in [-0.3, -0.25) is 39.0 Å². The van der Waals surface area contributed by atoms with Crippen molar-refractivity contribution in [1.82, 2.24) is 9.88 Å². The molecule has 18 heteroatoms. The van der Waals surface area contributed by atoms with Crippen molar-refractivity contribution in [2.75, 3.05) is 6.54 Å². The quantitative estimate of drug-likeness (QED) is 0.0142. The molecule has 2 aliphatic rings. The van der Waals surface area contributed by atoms with E-state index < -0.39 is 79.7 Å². The average Bonchev–Trinajstić information content (AvgIpc) is 3.90. The highest BCUT2D eigenvalue weighted by Gasteiger charge is 2.49. The number of cyclic esters (lactones) is 1. The van der Waals surface area contributed by atoms with E-state index in [1.165, 1.54) is 29.2 Å². The Kier molecular flexibility index (Phi) is 22.7. The van der Waals surface area contributed by atoms with Crippen molar-refractivity contribution >= 4 is 71.2 Å². The molecule has 5 rings (SSSR count). The van der Waals surface area contributed by atoms with Crippen LogP contribution in [0.25, 0.3) is 10.2 Å². The Morgan fingerprint density at radius 3 is 2.29 bits per heavy atom. The molecule has 0 saturated carbocycles. The van der Waals surface area contributed by atoms with Gasteiger partial charge in [0, 0.05) is 43.5 Å². The van der Waals surface area contributed by atoms with E-state index in [0.717, 1.165) is 96.6 Å². The first-order valence-electron chi connectivity index (χ1n) is 27.2. The highest BCUT2D eigenvalue weighted by molar-refractivity contribution is 7.18. The molecule has 2 amide bonds. The van der Waals surface area contributed by atoms with Gasteiger partial charge in [0.2, 0.25) is 5.75 Å². The van der Waals surface area contributed by atoms with Crippen molar-refractivity contribution in [1.29, 1.82) is 0 Å². The van der Waals surface area contributed by atoms with Crippen molar-refractivity contribution in [2.24, 2.45) is 17.3 Å². The third-order valence-corrected chi connectivity index (χ3v) is 20.7. The summed E-state index contributed by atoms with van der Waals surface area (Å²) in [4.78, 5) is 97.2. The summed E-state index contributed by atoms with van der Waals surface area (Å²) in [6, 6.07) is 9.66. The van der Waals surface area contributed by atoms with Crippen LogP contribution in [-0.2, 0) is 49.2 Å². The second kappa shape index (κ2) is 28.2. The summed E-state index contributed by atoms with van der Waals surface area (Å²) < 4.78 is 31.4. The van der Waals surface area contributed by atoms with Crippen LogP contribution in [0.5, 0.6) is 5.75 Å². The van der Waals surface area contributed by atoms with Crippen LogP contribution in [0.15, 0.2) is 72.9 Å². The normalized spacial score (nSPS) is 21.6. The molecule has 420 valence electrons. The number of carbonyl (C=O) groups is 6. The topological polar surface area (TPSA) is 208 Å². The third-order valence-electron chi connectivity index (χ3n) is 15.3. The van der Waals surface area contributed by atoms with Crippen molar-refractivity contribution in [3.8, 4) is 5.75 Å². The first kappa shape index (κ1) is 62.0. The summed E-state index contributed by atoms with van der Waals surface area (Å²) in [6.07, 6.45) is 11.9. The molecule has 0 radical (unpaired) electrons. The van der Waals surface area contributed by atoms with Crippen LogP contribution in [0, 0.1) is 34.3 Å². The second-order valence-corrected chi connectivity index (χ2v) is 28.8. The Balaban J connectivity index is 1.29. The van der Waals surface area contributed by atoms with Crippen LogP contribution in [-0.4, -0.2) is 77.6 Å².